The molecular weight excluding hydrogens is 364 g/mol. The predicted molar refractivity (Wildman–Crippen MR) is 109 cm³/mol. The number of carbonyl (C=O) groups is 1. The van der Waals surface area contributed by atoms with E-state index < -0.39 is 0 Å². The highest BCUT2D eigenvalue weighted by molar-refractivity contribution is 7.99. The lowest BCUT2D eigenvalue weighted by Crippen LogP contribution is -2.20. The molecule has 2 aromatic heterocycles. The SMILES string of the molecule is Cn1c(SCC(=O)Nc2ccccc2C(C)(C)C)nnc1-c1cccs1. The number of anilines is 1. The first-order chi connectivity index (χ1) is 12.4. The molecule has 0 bridgehead atoms. The second-order valence-corrected chi connectivity index (χ2v) is 8.87. The Morgan fingerprint density at radius 1 is 1.19 bits per heavy atom. The van der Waals surface area contributed by atoms with Gasteiger partial charge in [0.25, 0.3) is 0 Å². The molecule has 0 aliphatic rings. The lowest BCUT2D eigenvalue weighted by Gasteiger charge is -2.22. The molecule has 1 N–H and O–H groups in total. The number of nitrogens with zero attached hydrogens (tertiary/aromatic N) is 3. The van der Waals surface area contributed by atoms with Crippen LogP contribution in [-0.4, -0.2) is 26.4 Å². The Labute approximate surface area is 161 Å². The van der Waals surface area contributed by atoms with E-state index >= 15 is 0 Å². The Balaban J connectivity index is 1.66. The van der Waals surface area contributed by atoms with Crippen molar-refractivity contribution in [2.75, 3.05) is 11.1 Å². The molecule has 7 heteroatoms. The summed E-state index contributed by atoms with van der Waals surface area (Å²) in [5, 5.41) is 14.2. The van der Waals surface area contributed by atoms with Crippen molar-refractivity contribution in [1.82, 2.24) is 14.8 Å². The molecule has 3 rings (SSSR count). The van der Waals surface area contributed by atoms with Gasteiger partial charge in [-0.2, -0.15) is 0 Å². The Kier molecular flexibility index (Phi) is 5.48. The fourth-order valence-electron chi connectivity index (χ4n) is 2.62. The zero-order valence-electron chi connectivity index (χ0n) is 15.3. The van der Waals surface area contributed by atoms with Crippen LogP contribution in [0.15, 0.2) is 46.9 Å². The largest absolute Gasteiger partial charge is 0.325 e. The van der Waals surface area contributed by atoms with Gasteiger partial charge >= 0.3 is 0 Å². The predicted octanol–water partition coefficient (Wildman–Crippen LogP) is 4.57. The second-order valence-electron chi connectivity index (χ2n) is 6.97. The van der Waals surface area contributed by atoms with Crippen LogP contribution in [0.3, 0.4) is 0 Å². The number of aromatic nitrogens is 3. The van der Waals surface area contributed by atoms with Crippen LogP contribution in [-0.2, 0) is 17.3 Å². The van der Waals surface area contributed by atoms with Gasteiger partial charge in [-0.3, -0.25) is 4.79 Å². The van der Waals surface area contributed by atoms with Gasteiger partial charge in [0.15, 0.2) is 11.0 Å². The molecule has 0 saturated heterocycles. The lowest BCUT2D eigenvalue weighted by atomic mass is 9.86. The Morgan fingerprint density at radius 3 is 2.65 bits per heavy atom. The van der Waals surface area contributed by atoms with Crippen molar-refractivity contribution in [2.24, 2.45) is 7.05 Å². The van der Waals surface area contributed by atoms with Crippen LogP contribution in [0.25, 0.3) is 10.7 Å². The third kappa shape index (κ3) is 4.16. The number of carbonyl (C=O) groups excluding carboxylic acids is 1. The molecule has 0 aliphatic heterocycles. The van der Waals surface area contributed by atoms with Gasteiger partial charge in [-0.05, 0) is 28.5 Å². The van der Waals surface area contributed by atoms with E-state index in [0.29, 0.717) is 0 Å². The first kappa shape index (κ1) is 18.7. The van der Waals surface area contributed by atoms with E-state index in [1.807, 2.05) is 47.3 Å². The van der Waals surface area contributed by atoms with Gasteiger partial charge in [-0.15, -0.1) is 21.5 Å². The summed E-state index contributed by atoms with van der Waals surface area (Å²) < 4.78 is 1.92. The van der Waals surface area contributed by atoms with Gasteiger partial charge in [-0.25, -0.2) is 0 Å². The lowest BCUT2D eigenvalue weighted by molar-refractivity contribution is -0.113. The number of hydrogen-bond donors (Lipinski definition) is 1. The summed E-state index contributed by atoms with van der Waals surface area (Å²) in [7, 11) is 1.92. The topological polar surface area (TPSA) is 59.8 Å². The molecule has 5 nitrogen and oxygen atoms in total. The van der Waals surface area contributed by atoms with Crippen molar-refractivity contribution in [3.63, 3.8) is 0 Å². The molecule has 3 aromatic rings. The van der Waals surface area contributed by atoms with Crippen molar-refractivity contribution >= 4 is 34.7 Å². The van der Waals surface area contributed by atoms with Crippen molar-refractivity contribution in [1.29, 1.82) is 0 Å². The maximum atomic E-state index is 12.4. The quantitative estimate of drug-likeness (QED) is 0.653. The first-order valence-electron chi connectivity index (χ1n) is 8.31. The maximum absolute atomic E-state index is 12.4. The standard InChI is InChI=1S/C19H22N4OS2/c1-19(2,3)13-8-5-6-9-14(13)20-16(24)12-26-18-22-21-17(23(18)4)15-10-7-11-25-15/h5-11H,12H2,1-4H3,(H,20,24). The fraction of sp³-hybridized carbons (Fsp3) is 0.316. The minimum Gasteiger partial charge on any atom is -0.325 e. The number of rotatable bonds is 5. The molecule has 0 aliphatic carbocycles. The highest BCUT2D eigenvalue weighted by atomic mass is 32.2. The van der Waals surface area contributed by atoms with E-state index in [9.17, 15) is 4.79 Å². The third-order valence-corrected chi connectivity index (χ3v) is 5.80. The van der Waals surface area contributed by atoms with Crippen LogP contribution >= 0.6 is 23.1 Å². The van der Waals surface area contributed by atoms with Crippen LogP contribution in [0, 0.1) is 0 Å². The molecule has 0 saturated carbocycles. The van der Waals surface area contributed by atoms with Crippen LogP contribution in [0.1, 0.15) is 26.3 Å². The van der Waals surface area contributed by atoms with Gasteiger partial charge in [0.2, 0.25) is 5.91 Å². The number of thioether (sulfide) groups is 1. The monoisotopic (exact) mass is 386 g/mol. The van der Waals surface area contributed by atoms with E-state index in [0.717, 1.165) is 27.1 Å². The molecule has 0 unspecified atom stereocenters. The van der Waals surface area contributed by atoms with Gasteiger partial charge in [0.1, 0.15) is 0 Å². The summed E-state index contributed by atoms with van der Waals surface area (Å²) in [6.07, 6.45) is 0. The molecule has 0 spiro atoms. The number of thiophene rings is 1. The molecule has 1 amide bonds. The van der Waals surface area contributed by atoms with E-state index in [-0.39, 0.29) is 17.1 Å². The number of amides is 1. The van der Waals surface area contributed by atoms with Crippen LogP contribution in [0.2, 0.25) is 0 Å². The average molecular weight is 387 g/mol. The van der Waals surface area contributed by atoms with E-state index in [2.05, 4.69) is 42.4 Å². The van der Waals surface area contributed by atoms with Gasteiger partial charge in [-0.1, -0.05) is 56.8 Å². The zero-order valence-corrected chi connectivity index (χ0v) is 16.9. The molecule has 0 radical (unpaired) electrons. The van der Waals surface area contributed by atoms with Crippen LogP contribution < -0.4 is 5.32 Å². The minimum absolute atomic E-state index is 0.0315. The summed E-state index contributed by atoms with van der Waals surface area (Å²) in [5.41, 5.74) is 1.95. The second kappa shape index (κ2) is 7.63. The summed E-state index contributed by atoms with van der Waals surface area (Å²) in [4.78, 5) is 13.5. The molecular formula is C19H22N4OS2. The Bertz CT molecular complexity index is 895. The van der Waals surface area contributed by atoms with Gasteiger partial charge < -0.3 is 9.88 Å². The third-order valence-electron chi connectivity index (χ3n) is 3.92. The number of nitrogens with one attached hydrogen (secondary N) is 1. The van der Waals surface area contributed by atoms with E-state index in [4.69, 9.17) is 0 Å². The molecule has 2 heterocycles. The number of hydrogen-bond acceptors (Lipinski definition) is 5. The van der Waals surface area contributed by atoms with Crippen molar-refractivity contribution in [2.45, 2.75) is 31.3 Å². The smallest absolute Gasteiger partial charge is 0.234 e. The van der Waals surface area contributed by atoms with Crippen LogP contribution in [0.5, 0.6) is 0 Å². The normalized spacial score (nSPS) is 11.5. The molecule has 136 valence electrons. The van der Waals surface area contributed by atoms with Crippen molar-refractivity contribution in [3.05, 3.63) is 47.3 Å². The first-order valence-corrected chi connectivity index (χ1v) is 10.2. The molecule has 0 atom stereocenters. The van der Waals surface area contributed by atoms with E-state index in [1.165, 1.54) is 11.8 Å². The molecule has 0 fully saturated rings. The number of benzene rings is 1. The summed E-state index contributed by atoms with van der Waals surface area (Å²) in [6, 6.07) is 11.9. The number of para-hydroxylation sites is 1. The summed E-state index contributed by atoms with van der Waals surface area (Å²) in [5.74, 6) is 1.06. The zero-order chi connectivity index (χ0) is 18.7. The fourth-order valence-corrected chi connectivity index (χ4v) is 4.08. The Hall–Kier alpha value is -2.12. The van der Waals surface area contributed by atoms with Crippen molar-refractivity contribution < 1.29 is 4.79 Å². The highest BCUT2D eigenvalue weighted by Crippen LogP contribution is 2.30. The summed E-state index contributed by atoms with van der Waals surface area (Å²) >= 11 is 3.01. The molecule has 1 aromatic carbocycles. The van der Waals surface area contributed by atoms with E-state index in [1.54, 1.807) is 11.3 Å². The highest BCUT2D eigenvalue weighted by Gasteiger charge is 2.19. The summed E-state index contributed by atoms with van der Waals surface area (Å²) in [6.45, 7) is 6.41. The maximum Gasteiger partial charge on any atom is 0.234 e. The minimum atomic E-state index is -0.0487. The van der Waals surface area contributed by atoms with Crippen LogP contribution in [0.4, 0.5) is 5.69 Å². The average Bonchev–Trinajstić information content (AvgIpc) is 3.22. The molecule has 26 heavy (non-hydrogen) atoms. The van der Waals surface area contributed by atoms with Gasteiger partial charge in [0.05, 0.1) is 10.6 Å². The van der Waals surface area contributed by atoms with Gasteiger partial charge in [0, 0.05) is 12.7 Å². The van der Waals surface area contributed by atoms with Crippen molar-refractivity contribution in [3.8, 4) is 10.7 Å². The Morgan fingerprint density at radius 2 is 1.96 bits per heavy atom.